The van der Waals surface area contributed by atoms with Gasteiger partial charge in [-0.2, -0.15) is 0 Å². The molecule has 0 aliphatic heterocycles. The summed E-state index contributed by atoms with van der Waals surface area (Å²) in [5, 5.41) is 7.54. The van der Waals surface area contributed by atoms with E-state index >= 15 is 0 Å². The largest absolute Gasteiger partial charge is 0.360 e. The van der Waals surface area contributed by atoms with Crippen LogP contribution in [0.2, 0.25) is 10.0 Å². The average Bonchev–Trinajstić information content (AvgIpc) is 3.27. The number of nitrogens with zero attached hydrogens (tertiary/aromatic N) is 2. The normalized spacial score (nSPS) is 13.6. The zero-order chi connectivity index (χ0) is 18.1. The van der Waals surface area contributed by atoms with Crippen LogP contribution < -0.4 is 5.32 Å². The molecule has 0 unspecified atom stereocenters. The van der Waals surface area contributed by atoms with Crippen molar-refractivity contribution in [3.63, 3.8) is 0 Å². The van der Waals surface area contributed by atoms with Crippen molar-refractivity contribution < 1.29 is 14.1 Å². The van der Waals surface area contributed by atoms with Crippen molar-refractivity contribution in [2.45, 2.75) is 25.8 Å². The zero-order valence-electron chi connectivity index (χ0n) is 13.8. The molecule has 1 aromatic heterocycles. The molecule has 132 valence electrons. The van der Waals surface area contributed by atoms with Crippen LogP contribution in [0.1, 0.15) is 29.0 Å². The Morgan fingerprint density at radius 3 is 2.56 bits per heavy atom. The second kappa shape index (κ2) is 7.06. The lowest BCUT2D eigenvalue weighted by atomic mass is 10.0. The van der Waals surface area contributed by atoms with Crippen molar-refractivity contribution in [1.29, 1.82) is 0 Å². The van der Waals surface area contributed by atoms with E-state index in [0.29, 0.717) is 21.4 Å². The van der Waals surface area contributed by atoms with Gasteiger partial charge in [0.15, 0.2) is 0 Å². The Morgan fingerprint density at radius 2 is 1.96 bits per heavy atom. The molecule has 2 aromatic rings. The van der Waals surface area contributed by atoms with E-state index in [4.69, 9.17) is 27.7 Å². The molecule has 0 saturated heterocycles. The number of nitrogens with one attached hydrogen (secondary N) is 1. The third kappa shape index (κ3) is 3.80. The highest BCUT2D eigenvalue weighted by Gasteiger charge is 2.29. The second-order valence-electron chi connectivity index (χ2n) is 6.06. The number of hydrogen-bond donors (Lipinski definition) is 1. The van der Waals surface area contributed by atoms with Gasteiger partial charge in [-0.05, 0) is 31.9 Å². The maximum absolute atomic E-state index is 12.8. The fraction of sp³-hybridized carbons (Fsp3) is 0.353. The van der Waals surface area contributed by atoms with E-state index in [9.17, 15) is 9.59 Å². The number of aryl methyl sites for hydroxylation is 1. The van der Waals surface area contributed by atoms with Crippen molar-refractivity contribution in [2.24, 2.45) is 0 Å². The standard InChI is InChI=1S/C17H17Cl2N3O3/c1-9-14(17(24)22(2)8-13(23)20-10-6-7-10)16(21-25-9)15-11(18)4-3-5-12(15)19/h3-5,10H,6-8H2,1-2H3,(H,20,23). The highest BCUT2D eigenvalue weighted by Crippen LogP contribution is 2.37. The average molecular weight is 382 g/mol. The quantitative estimate of drug-likeness (QED) is 0.861. The van der Waals surface area contributed by atoms with E-state index in [1.165, 1.54) is 4.90 Å². The number of carbonyl (C=O) groups excluding carboxylic acids is 2. The zero-order valence-corrected chi connectivity index (χ0v) is 15.3. The first-order valence-electron chi connectivity index (χ1n) is 7.84. The molecular formula is C17H17Cl2N3O3. The van der Waals surface area contributed by atoms with Crippen molar-refractivity contribution in [1.82, 2.24) is 15.4 Å². The van der Waals surface area contributed by atoms with E-state index < -0.39 is 0 Å². The molecule has 1 saturated carbocycles. The molecular weight excluding hydrogens is 365 g/mol. The lowest BCUT2D eigenvalue weighted by molar-refractivity contribution is -0.121. The number of likely N-dealkylation sites (N-methyl/N-ethyl adjacent to an activating group) is 1. The van der Waals surface area contributed by atoms with Crippen LogP contribution in [0.15, 0.2) is 22.7 Å². The van der Waals surface area contributed by atoms with Gasteiger partial charge in [0.1, 0.15) is 17.0 Å². The molecule has 1 aliphatic carbocycles. The van der Waals surface area contributed by atoms with Gasteiger partial charge in [0.2, 0.25) is 5.91 Å². The van der Waals surface area contributed by atoms with Crippen LogP contribution in [-0.4, -0.2) is 41.5 Å². The molecule has 0 bridgehead atoms. The summed E-state index contributed by atoms with van der Waals surface area (Å²) in [5.41, 5.74) is 0.950. The lowest BCUT2D eigenvalue weighted by Gasteiger charge is -2.17. The number of rotatable bonds is 5. The molecule has 0 radical (unpaired) electrons. The minimum Gasteiger partial charge on any atom is -0.360 e. The van der Waals surface area contributed by atoms with Crippen LogP contribution >= 0.6 is 23.2 Å². The van der Waals surface area contributed by atoms with Crippen LogP contribution in [0, 0.1) is 6.92 Å². The minimum atomic E-state index is -0.379. The van der Waals surface area contributed by atoms with Crippen LogP contribution in [0.5, 0.6) is 0 Å². The number of amides is 2. The van der Waals surface area contributed by atoms with E-state index in [1.54, 1.807) is 32.2 Å². The van der Waals surface area contributed by atoms with E-state index in [2.05, 4.69) is 10.5 Å². The third-order valence-electron chi connectivity index (χ3n) is 3.95. The third-order valence-corrected chi connectivity index (χ3v) is 4.58. The summed E-state index contributed by atoms with van der Waals surface area (Å²) in [6, 6.07) is 5.27. The van der Waals surface area contributed by atoms with Gasteiger partial charge in [-0.15, -0.1) is 0 Å². The lowest BCUT2D eigenvalue weighted by Crippen LogP contribution is -2.39. The molecule has 1 heterocycles. The first-order chi connectivity index (χ1) is 11.9. The topological polar surface area (TPSA) is 75.4 Å². The summed E-state index contributed by atoms with van der Waals surface area (Å²) in [6.07, 6.45) is 1.98. The van der Waals surface area contributed by atoms with E-state index in [-0.39, 0.29) is 35.7 Å². The molecule has 0 atom stereocenters. The molecule has 6 nitrogen and oxygen atoms in total. The van der Waals surface area contributed by atoms with Gasteiger partial charge in [0.25, 0.3) is 5.91 Å². The van der Waals surface area contributed by atoms with Gasteiger partial charge in [0, 0.05) is 18.7 Å². The Labute approximate surface area is 155 Å². The monoisotopic (exact) mass is 381 g/mol. The first kappa shape index (κ1) is 17.8. The summed E-state index contributed by atoms with van der Waals surface area (Å²) in [6.45, 7) is 1.59. The minimum absolute atomic E-state index is 0.0460. The van der Waals surface area contributed by atoms with E-state index in [1.807, 2.05) is 0 Å². The Kier molecular flexibility index (Phi) is 5.01. The summed E-state index contributed by atoms with van der Waals surface area (Å²) in [5.74, 6) is -0.231. The van der Waals surface area contributed by atoms with Crippen molar-refractivity contribution in [2.75, 3.05) is 13.6 Å². The van der Waals surface area contributed by atoms with Gasteiger partial charge in [0.05, 0.1) is 16.6 Å². The van der Waals surface area contributed by atoms with Gasteiger partial charge in [-0.25, -0.2) is 0 Å². The predicted octanol–water partition coefficient (Wildman–Crippen LogP) is 3.31. The number of carbonyl (C=O) groups is 2. The van der Waals surface area contributed by atoms with Gasteiger partial charge in [-0.1, -0.05) is 34.4 Å². The fourth-order valence-corrected chi connectivity index (χ4v) is 3.07. The SMILES string of the molecule is Cc1onc(-c2c(Cl)cccc2Cl)c1C(=O)N(C)CC(=O)NC1CC1. The van der Waals surface area contributed by atoms with Crippen LogP contribution in [0.25, 0.3) is 11.3 Å². The smallest absolute Gasteiger partial charge is 0.259 e. The molecule has 0 spiro atoms. The number of hydrogen-bond acceptors (Lipinski definition) is 4. The summed E-state index contributed by atoms with van der Waals surface area (Å²) in [4.78, 5) is 26.1. The predicted molar refractivity (Wildman–Crippen MR) is 94.8 cm³/mol. The molecule has 3 rings (SSSR count). The van der Waals surface area contributed by atoms with Gasteiger partial charge in [-0.3, -0.25) is 9.59 Å². The Hall–Kier alpha value is -2.05. The second-order valence-corrected chi connectivity index (χ2v) is 6.88. The first-order valence-corrected chi connectivity index (χ1v) is 8.59. The molecule has 1 fully saturated rings. The molecule has 8 heteroatoms. The molecule has 1 N–H and O–H groups in total. The van der Waals surface area contributed by atoms with Crippen molar-refractivity contribution in [3.8, 4) is 11.3 Å². The summed E-state index contributed by atoms with van der Waals surface area (Å²) < 4.78 is 5.20. The Balaban J connectivity index is 1.88. The van der Waals surface area contributed by atoms with Crippen LogP contribution in [0.4, 0.5) is 0 Å². The van der Waals surface area contributed by atoms with Crippen LogP contribution in [-0.2, 0) is 4.79 Å². The Morgan fingerprint density at radius 1 is 1.32 bits per heavy atom. The van der Waals surface area contributed by atoms with E-state index in [0.717, 1.165) is 12.8 Å². The number of aromatic nitrogens is 1. The van der Waals surface area contributed by atoms with Crippen molar-refractivity contribution >= 4 is 35.0 Å². The molecule has 25 heavy (non-hydrogen) atoms. The highest BCUT2D eigenvalue weighted by molar-refractivity contribution is 6.39. The molecule has 2 amide bonds. The molecule has 1 aliphatic rings. The summed E-state index contributed by atoms with van der Waals surface area (Å²) in [7, 11) is 1.55. The summed E-state index contributed by atoms with van der Waals surface area (Å²) >= 11 is 12.4. The number of benzene rings is 1. The molecule has 1 aromatic carbocycles. The fourth-order valence-electron chi connectivity index (χ4n) is 2.50. The number of halogens is 2. The highest BCUT2D eigenvalue weighted by atomic mass is 35.5. The maximum Gasteiger partial charge on any atom is 0.259 e. The van der Waals surface area contributed by atoms with Gasteiger partial charge >= 0.3 is 0 Å². The van der Waals surface area contributed by atoms with Crippen molar-refractivity contribution in [3.05, 3.63) is 39.6 Å². The Bertz CT molecular complexity index is 810. The maximum atomic E-state index is 12.8. The van der Waals surface area contributed by atoms with Gasteiger partial charge < -0.3 is 14.7 Å². The van der Waals surface area contributed by atoms with Crippen LogP contribution in [0.3, 0.4) is 0 Å².